The zero-order valence-electron chi connectivity index (χ0n) is 12.6. The number of benzene rings is 1. The van der Waals surface area contributed by atoms with Crippen LogP contribution in [-0.2, 0) is 9.84 Å². The van der Waals surface area contributed by atoms with Crippen LogP contribution >= 0.6 is 11.6 Å². The number of amides is 1. The fourth-order valence-electron chi connectivity index (χ4n) is 2.41. The fourth-order valence-corrected chi connectivity index (χ4v) is 4.28. The molecule has 9 heteroatoms. The summed E-state index contributed by atoms with van der Waals surface area (Å²) in [6.07, 6.45) is 0.553. The quantitative estimate of drug-likeness (QED) is 0.858. The topological polar surface area (TPSA) is 101 Å². The molecule has 3 rings (SSSR count). The summed E-state index contributed by atoms with van der Waals surface area (Å²) in [4.78, 5) is 12.1. The molecule has 126 valence electrons. The molecule has 24 heavy (non-hydrogen) atoms. The molecule has 2 heterocycles. The van der Waals surface area contributed by atoms with E-state index in [1.54, 1.807) is 36.4 Å². The summed E-state index contributed by atoms with van der Waals surface area (Å²) in [7, 11) is -2.95. The van der Waals surface area contributed by atoms with Crippen molar-refractivity contribution in [2.45, 2.75) is 12.5 Å². The van der Waals surface area contributed by atoms with E-state index in [1.807, 2.05) is 0 Å². The lowest BCUT2D eigenvalue weighted by Gasteiger charge is -2.11. The summed E-state index contributed by atoms with van der Waals surface area (Å²) in [5.74, 6) is 0.713. The van der Waals surface area contributed by atoms with Crippen LogP contribution in [-0.4, -0.2) is 42.1 Å². The Bertz CT molecular complexity index is 855. The van der Waals surface area contributed by atoms with Crippen molar-refractivity contribution in [3.63, 3.8) is 0 Å². The molecule has 0 aliphatic carbocycles. The molecule has 1 aromatic heterocycles. The molecule has 1 saturated heterocycles. The maximum atomic E-state index is 12.1. The van der Waals surface area contributed by atoms with Crippen LogP contribution in [0.1, 0.15) is 16.8 Å². The van der Waals surface area contributed by atoms with Crippen molar-refractivity contribution in [2.75, 3.05) is 22.1 Å². The number of nitrogens with one attached hydrogen (secondary N) is 2. The number of sulfone groups is 1. The van der Waals surface area contributed by atoms with E-state index in [2.05, 4.69) is 20.8 Å². The maximum Gasteiger partial charge on any atom is 0.256 e. The van der Waals surface area contributed by atoms with E-state index in [-0.39, 0.29) is 23.5 Å². The first-order valence-electron chi connectivity index (χ1n) is 7.29. The number of hydrogen-bond donors (Lipinski definition) is 2. The van der Waals surface area contributed by atoms with E-state index < -0.39 is 9.84 Å². The van der Waals surface area contributed by atoms with Crippen LogP contribution < -0.4 is 10.6 Å². The molecule has 0 bridgehead atoms. The number of rotatable bonds is 4. The molecule has 7 nitrogen and oxygen atoms in total. The Hall–Kier alpha value is -2.19. The second-order valence-corrected chi connectivity index (χ2v) is 8.18. The third kappa shape index (κ3) is 4.21. The summed E-state index contributed by atoms with van der Waals surface area (Å²) in [6.45, 7) is 0. The van der Waals surface area contributed by atoms with E-state index in [0.29, 0.717) is 28.6 Å². The standard InChI is InChI=1S/C15H15ClN4O3S/c16-11-3-1-2-10(8-11)15(21)18-14-5-4-13(19-20-14)17-12-6-7-24(22,23)9-12/h1-5,8,12H,6-7,9H2,(H,17,19)(H,18,20,21). The molecule has 2 N–H and O–H groups in total. The van der Waals surface area contributed by atoms with Crippen LogP contribution in [0.3, 0.4) is 0 Å². The van der Waals surface area contributed by atoms with Crippen LogP contribution in [0.15, 0.2) is 36.4 Å². The highest BCUT2D eigenvalue weighted by Gasteiger charge is 2.27. The summed E-state index contributed by atoms with van der Waals surface area (Å²) in [5, 5.41) is 14.0. The lowest BCUT2D eigenvalue weighted by atomic mass is 10.2. The zero-order valence-corrected chi connectivity index (χ0v) is 14.1. The zero-order chi connectivity index (χ0) is 17.2. The van der Waals surface area contributed by atoms with Crippen molar-refractivity contribution in [1.29, 1.82) is 0 Å². The molecular weight excluding hydrogens is 352 g/mol. The van der Waals surface area contributed by atoms with Crippen molar-refractivity contribution in [3.8, 4) is 0 Å². The monoisotopic (exact) mass is 366 g/mol. The number of anilines is 2. The van der Waals surface area contributed by atoms with Gasteiger partial charge in [0.25, 0.3) is 5.91 Å². The van der Waals surface area contributed by atoms with Gasteiger partial charge in [0.2, 0.25) is 0 Å². The van der Waals surface area contributed by atoms with Gasteiger partial charge in [-0.05, 0) is 36.8 Å². The molecule has 1 aromatic carbocycles. The van der Waals surface area contributed by atoms with Crippen LogP contribution in [0.2, 0.25) is 5.02 Å². The Balaban J connectivity index is 1.61. The normalized spacial score (nSPS) is 19.0. The maximum absolute atomic E-state index is 12.1. The minimum Gasteiger partial charge on any atom is -0.365 e. The van der Waals surface area contributed by atoms with E-state index in [0.717, 1.165) is 0 Å². The lowest BCUT2D eigenvalue weighted by Crippen LogP contribution is -2.21. The van der Waals surface area contributed by atoms with Gasteiger partial charge in [-0.1, -0.05) is 17.7 Å². The number of aromatic nitrogens is 2. The number of carbonyl (C=O) groups excluding carboxylic acids is 1. The van der Waals surface area contributed by atoms with Gasteiger partial charge in [-0.25, -0.2) is 8.42 Å². The smallest absolute Gasteiger partial charge is 0.256 e. The summed E-state index contributed by atoms with van der Waals surface area (Å²) >= 11 is 5.85. The van der Waals surface area contributed by atoms with Gasteiger partial charge in [-0.2, -0.15) is 0 Å². The molecule has 1 fully saturated rings. The Kier molecular flexibility index (Phi) is 4.68. The first-order chi connectivity index (χ1) is 11.4. The first kappa shape index (κ1) is 16.7. The van der Waals surface area contributed by atoms with Crippen molar-refractivity contribution in [2.24, 2.45) is 0 Å². The van der Waals surface area contributed by atoms with Gasteiger partial charge < -0.3 is 10.6 Å². The highest BCUT2D eigenvalue weighted by Crippen LogP contribution is 2.17. The summed E-state index contributed by atoms with van der Waals surface area (Å²) < 4.78 is 22.9. The molecule has 1 atom stereocenters. The molecule has 1 aliphatic rings. The molecule has 0 saturated carbocycles. The lowest BCUT2D eigenvalue weighted by molar-refractivity contribution is 0.102. The Morgan fingerprint density at radius 2 is 1.92 bits per heavy atom. The number of nitrogens with zero attached hydrogens (tertiary/aromatic N) is 2. The van der Waals surface area contributed by atoms with Gasteiger partial charge in [-0.3, -0.25) is 4.79 Å². The molecule has 2 aromatic rings. The van der Waals surface area contributed by atoms with E-state index in [9.17, 15) is 13.2 Å². The van der Waals surface area contributed by atoms with Crippen LogP contribution in [0.5, 0.6) is 0 Å². The molecule has 0 radical (unpaired) electrons. The number of carbonyl (C=O) groups is 1. The highest BCUT2D eigenvalue weighted by atomic mass is 35.5. The molecule has 1 amide bonds. The van der Waals surface area contributed by atoms with Crippen LogP contribution in [0, 0.1) is 0 Å². The van der Waals surface area contributed by atoms with Crippen molar-refractivity contribution in [3.05, 3.63) is 47.0 Å². The average Bonchev–Trinajstić information content (AvgIpc) is 2.88. The largest absolute Gasteiger partial charge is 0.365 e. The van der Waals surface area contributed by atoms with Gasteiger partial charge in [0.15, 0.2) is 15.7 Å². The van der Waals surface area contributed by atoms with Crippen molar-refractivity contribution >= 4 is 39.0 Å². The Labute approximate surface area is 144 Å². The number of halogens is 1. The first-order valence-corrected chi connectivity index (χ1v) is 9.49. The molecular formula is C15H15ClN4O3S. The van der Waals surface area contributed by atoms with Crippen molar-refractivity contribution < 1.29 is 13.2 Å². The second-order valence-electron chi connectivity index (χ2n) is 5.51. The van der Waals surface area contributed by atoms with Gasteiger partial charge in [0.05, 0.1) is 11.5 Å². The van der Waals surface area contributed by atoms with Gasteiger partial charge in [0.1, 0.15) is 5.82 Å². The SMILES string of the molecule is O=C(Nc1ccc(NC2CCS(=O)(=O)C2)nn1)c1cccc(Cl)c1. The molecule has 1 unspecified atom stereocenters. The van der Waals surface area contributed by atoms with Crippen LogP contribution in [0.4, 0.5) is 11.6 Å². The van der Waals surface area contributed by atoms with E-state index >= 15 is 0 Å². The van der Waals surface area contributed by atoms with Gasteiger partial charge >= 0.3 is 0 Å². The average molecular weight is 367 g/mol. The second kappa shape index (κ2) is 6.74. The fraction of sp³-hybridized carbons (Fsp3) is 0.267. The third-order valence-corrected chi connectivity index (χ3v) is 5.58. The predicted octanol–water partition coefficient (Wildman–Crippen LogP) is 1.98. The Morgan fingerprint density at radius 3 is 2.54 bits per heavy atom. The van der Waals surface area contributed by atoms with Gasteiger partial charge in [-0.15, -0.1) is 10.2 Å². The van der Waals surface area contributed by atoms with E-state index in [4.69, 9.17) is 11.6 Å². The minimum absolute atomic E-state index is 0.0991. The van der Waals surface area contributed by atoms with E-state index in [1.165, 1.54) is 0 Å². The highest BCUT2D eigenvalue weighted by molar-refractivity contribution is 7.91. The number of hydrogen-bond acceptors (Lipinski definition) is 6. The summed E-state index contributed by atoms with van der Waals surface area (Å²) in [6, 6.07) is 9.66. The predicted molar refractivity (Wildman–Crippen MR) is 92.1 cm³/mol. The Morgan fingerprint density at radius 1 is 1.17 bits per heavy atom. The molecule has 1 aliphatic heterocycles. The van der Waals surface area contributed by atoms with Gasteiger partial charge in [0, 0.05) is 16.6 Å². The minimum atomic E-state index is -2.95. The van der Waals surface area contributed by atoms with Crippen LogP contribution in [0.25, 0.3) is 0 Å². The summed E-state index contributed by atoms with van der Waals surface area (Å²) in [5.41, 5.74) is 0.419. The van der Waals surface area contributed by atoms with Crippen molar-refractivity contribution in [1.82, 2.24) is 10.2 Å². The third-order valence-electron chi connectivity index (χ3n) is 3.58. The molecule has 0 spiro atoms.